The van der Waals surface area contributed by atoms with Crippen molar-refractivity contribution in [1.29, 1.82) is 5.26 Å². The summed E-state index contributed by atoms with van der Waals surface area (Å²) in [6.07, 6.45) is 0. The van der Waals surface area contributed by atoms with Crippen molar-refractivity contribution in [2.75, 3.05) is 18.4 Å². The fourth-order valence-electron chi connectivity index (χ4n) is 1.18. The maximum Gasteiger partial charge on any atom is 0.230 e. The van der Waals surface area contributed by atoms with Crippen molar-refractivity contribution in [1.82, 2.24) is 5.32 Å². The summed E-state index contributed by atoms with van der Waals surface area (Å²) in [6.45, 7) is 1.47. The molecule has 2 rings (SSSR count). The lowest BCUT2D eigenvalue weighted by Gasteiger charge is -2.25. The van der Waals surface area contributed by atoms with Gasteiger partial charge >= 0.3 is 0 Å². The van der Waals surface area contributed by atoms with E-state index >= 15 is 0 Å². The number of nitrogens with one attached hydrogen (secondary N) is 2. The van der Waals surface area contributed by atoms with E-state index in [9.17, 15) is 4.79 Å². The Balaban J connectivity index is 2.03. The predicted molar refractivity (Wildman–Crippen MR) is 54.0 cm³/mol. The number of carbonyl (C=O) groups is 1. The molecule has 1 aromatic rings. The second-order valence-electron chi connectivity index (χ2n) is 3.12. The molecule has 1 fully saturated rings. The van der Waals surface area contributed by atoms with Gasteiger partial charge in [0.1, 0.15) is 11.1 Å². The molecule has 14 heavy (non-hydrogen) atoms. The van der Waals surface area contributed by atoms with Crippen LogP contribution in [0.1, 0.15) is 5.56 Å². The van der Waals surface area contributed by atoms with Gasteiger partial charge in [-0.3, -0.25) is 4.79 Å². The van der Waals surface area contributed by atoms with Gasteiger partial charge in [-0.15, -0.1) is 11.3 Å². The van der Waals surface area contributed by atoms with Crippen LogP contribution < -0.4 is 10.6 Å². The van der Waals surface area contributed by atoms with Crippen LogP contribution >= 0.6 is 11.3 Å². The van der Waals surface area contributed by atoms with Crippen LogP contribution in [0.25, 0.3) is 0 Å². The Labute approximate surface area is 85.5 Å². The minimum absolute atomic E-state index is 0.00250. The molecule has 0 unspecified atom stereocenters. The van der Waals surface area contributed by atoms with E-state index in [1.165, 1.54) is 11.3 Å². The van der Waals surface area contributed by atoms with Gasteiger partial charge in [0.25, 0.3) is 0 Å². The molecule has 1 aromatic heterocycles. The van der Waals surface area contributed by atoms with Crippen molar-refractivity contribution < 1.29 is 4.79 Å². The lowest BCUT2D eigenvalue weighted by molar-refractivity contribution is -0.121. The Morgan fingerprint density at radius 1 is 1.71 bits per heavy atom. The second kappa shape index (κ2) is 3.78. The zero-order valence-electron chi connectivity index (χ0n) is 7.41. The van der Waals surface area contributed by atoms with Crippen LogP contribution in [-0.2, 0) is 4.79 Å². The zero-order chi connectivity index (χ0) is 9.97. The first-order valence-electron chi connectivity index (χ1n) is 4.30. The number of hydrogen-bond acceptors (Lipinski definition) is 4. The van der Waals surface area contributed by atoms with Gasteiger partial charge < -0.3 is 10.6 Å². The molecule has 2 heterocycles. The van der Waals surface area contributed by atoms with E-state index in [-0.39, 0.29) is 11.8 Å². The molecule has 1 amide bonds. The Hall–Kier alpha value is -1.38. The molecule has 1 saturated heterocycles. The number of nitrogens with zero attached hydrogens (tertiary/aromatic N) is 1. The Morgan fingerprint density at radius 2 is 2.50 bits per heavy atom. The number of nitriles is 1. The summed E-state index contributed by atoms with van der Waals surface area (Å²) < 4.78 is 0. The first-order valence-corrected chi connectivity index (χ1v) is 5.18. The first kappa shape index (κ1) is 9.19. The molecule has 0 aromatic carbocycles. The van der Waals surface area contributed by atoms with Gasteiger partial charge in [0.05, 0.1) is 11.5 Å². The van der Waals surface area contributed by atoms with Crippen molar-refractivity contribution in [3.05, 3.63) is 17.0 Å². The molecule has 0 bridgehead atoms. The van der Waals surface area contributed by atoms with E-state index < -0.39 is 0 Å². The van der Waals surface area contributed by atoms with Gasteiger partial charge in [0.15, 0.2) is 0 Å². The molecule has 2 N–H and O–H groups in total. The maximum atomic E-state index is 11.5. The van der Waals surface area contributed by atoms with Crippen molar-refractivity contribution >= 4 is 22.2 Å². The molecule has 4 nitrogen and oxygen atoms in total. The predicted octanol–water partition coefficient (Wildman–Crippen LogP) is 0.778. The van der Waals surface area contributed by atoms with Crippen LogP contribution in [-0.4, -0.2) is 19.0 Å². The van der Waals surface area contributed by atoms with E-state index in [0.717, 1.165) is 13.1 Å². The fourth-order valence-corrected chi connectivity index (χ4v) is 1.92. The lowest BCUT2D eigenvalue weighted by atomic mass is 10.0. The highest BCUT2D eigenvalue weighted by Crippen LogP contribution is 2.23. The van der Waals surface area contributed by atoms with Crippen LogP contribution in [0.3, 0.4) is 0 Å². The lowest BCUT2D eigenvalue weighted by Crippen LogP contribution is -2.48. The van der Waals surface area contributed by atoms with Crippen LogP contribution in [0.15, 0.2) is 11.4 Å². The minimum atomic E-state index is 0.00250. The summed E-state index contributed by atoms with van der Waals surface area (Å²) >= 11 is 1.38. The Kier molecular flexibility index (Phi) is 2.48. The number of anilines is 1. The zero-order valence-corrected chi connectivity index (χ0v) is 8.23. The highest BCUT2D eigenvalue weighted by Gasteiger charge is 2.25. The van der Waals surface area contributed by atoms with Crippen LogP contribution in [0, 0.1) is 17.2 Å². The minimum Gasteiger partial charge on any atom is -0.316 e. The van der Waals surface area contributed by atoms with Crippen molar-refractivity contribution in [3.8, 4) is 6.07 Å². The van der Waals surface area contributed by atoms with E-state index in [1.54, 1.807) is 11.4 Å². The number of thiophene rings is 1. The number of hydrogen-bond donors (Lipinski definition) is 2. The van der Waals surface area contributed by atoms with Crippen molar-refractivity contribution in [2.24, 2.45) is 5.92 Å². The SMILES string of the molecule is N#Cc1ccsc1NC(=O)C1CNC1. The van der Waals surface area contributed by atoms with Crippen LogP contribution in [0.5, 0.6) is 0 Å². The molecular formula is C9H9N3OS. The van der Waals surface area contributed by atoms with E-state index in [4.69, 9.17) is 5.26 Å². The summed E-state index contributed by atoms with van der Waals surface area (Å²) in [6, 6.07) is 3.74. The molecule has 1 aliphatic heterocycles. The number of carbonyl (C=O) groups excluding carboxylic acids is 1. The summed E-state index contributed by atoms with van der Waals surface area (Å²) in [5.41, 5.74) is 0.538. The third-order valence-electron chi connectivity index (χ3n) is 2.17. The van der Waals surface area contributed by atoms with Gasteiger partial charge in [0, 0.05) is 13.1 Å². The second-order valence-corrected chi connectivity index (χ2v) is 4.04. The number of rotatable bonds is 2. The van der Waals surface area contributed by atoms with Gasteiger partial charge in [0.2, 0.25) is 5.91 Å². The summed E-state index contributed by atoms with van der Waals surface area (Å²) in [5.74, 6) is 0.0614. The van der Waals surface area contributed by atoms with Gasteiger partial charge in [-0.05, 0) is 11.4 Å². The first-order chi connectivity index (χ1) is 6.81. The molecule has 5 heteroatoms. The van der Waals surface area contributed by atoms with Crippen molar-refractivity contribution in [3.63, 3.8) is 0 Å². The molecule has 0 atom stereocenters. The summed E-state index contributed by atoms with van der Waals surface area (Å²) in [7, 11) is 0. The largest absolute Gasteiger partial charge is 0.316 e. The summed E-state index contributed by atoms with van der Waals surface area (Å²) in [4.78, 5) is 11.5. The molecule has 0 aliphatic carbocycles. The molecule has 0 radical (unpaired) electrons. The van der Waals surface area contributed by atoms with Gasteiger partial charge in [-0.1, -0.05) is 0 Å². The van der Waals surface area contributed by atoms with Crippen LogP contribution in [0.4, 0.5) is 5.00 Å². The van der Waals surface area contributed by atoms with Crippen LogP contribution in [0.2, 0.25) is 0 Å². The Bertz CT molecular complexity index is 389. The van der Waals surface area contributed by atoms with Gasteiger partial charge in [-0.2, -0.15) is 5.26 Å². The van der Waals surface area contributed by atoms with Gasteiger partial charge in [-0.25, -0.2) is 0 Å². The maximum absolute atomic E-state index is 11.5. The quantitative estimate of drug-likeness (QED) is 0.753. The number of amides is 1. The standard InChI is InChI=1S/C9H9N3OS/c10-3-6-1-2-14-9(6)12-8(13)7-4-11-5-7/h1-2,7,11H,4-5H2,(H,12,13). The van der Waals surface area contributed by atoms with E-state index in [1.807, 2.05) is 6.07 Å². The molecule has 0 saturated carbocycles. The monoisotopic (exact) mass is 207 g/mol. The topological polar surface area (TPSA) is 64.9 Å². The normalized spacial score (nSPS) is 15.6. The van der Waals surface area contributed by atoms with E-state index in [0.29, 0.717) is 10.6 Å². The third kappa shape index (κ3) is 1.62. The Morgan fingerprint density at radius 3 is 3.07 bits per heavy atom. The van der Waals surface area contributed by atoms with Crippen molar-refractivity contribution in [2.45, 2.75) is 0 Å². The highest BCUT2D eigenvalue weighted by molar-refractivity contribution is 7.14. The smallest absolute Gasteiger partial charge is 0.230 e. The summed E-state index contributed by atoms with van der Waals surface area (Å²) in [5, 5.41) is 17.0. The fraction of sp³-hybridized carbons (Fsp3) is 0.333. The molecule has 1 aliphatic rings. The molecule has 0 spiro atoms. The average Bonchev–Trinajstić information content (AvgIpc) is 2.48. The average molecular weight is 207 g/mol. The third-order valence-corrected chi connectivity index (χ3v) is 3.00. The molecule has 72 valence electrons. The highest BCUT2D eigenvalue weighted by atomic mass is 32.1. The van der Waals surface area contributed by atoms with E-state index in [2.05, 4.69) is 10.6 Å². The molecular weight excluding hydrogens is 198 g/mol.